The van der Waals surface area contributed by atoms with Crippen molar-refractivity contribution < 1.29 is 4.79 Å². The Morgan fingerprint density at radius 2 is 2.04 bits per heavy atom. The number of rotatable bonds is 2. The summed E-state index contributed by atoms with van der Waals surface area (Å²) < 4.78 is 0. The van der Waals surface area contributed by atoms with Gasteiger partial charge in [0.1, 0.15) is 8.07 Å². The molecule has 1 aromatic carbocycles. The molecule has 1 aliphatic rings. The van der Waals surface area contributed by atoms with Gasteiger partial charge in [-0.05, 0) is 37.1 Å². The lowest BCUT2D eigenvalue weighted by atomic mass is 9.75. The van der Waals surface area contributed by atoms with Gasteiger partial charge in [0.15, 0.2) is 5.78 Å². The van der Waals surface area contributed by atoms with Crippen molar-refractivity contribution in [3.05, 3.63) is 35.5 Å². The molecule has 0 radical (unpaired) electrons. The van der Waals surface area contributed by atoms with Gasteiger partial charge >= 0.3 is 0 Å². The van der Waals surface area contributed by atoms with Crippen LogP contribution in [0.15, 0.2) is 24.3 Å². The quantitative estimate of drug-likeness (QED) is 0.440. The van der Waals surface area contributed by atoms with Crippen LogP contribution in [0.1, 0.15) is 41.7 Å². The molecular formula is C20H27N3OSi. The molecule has 1 fully saturated rings. The first-order valence-electron chi connectivity index (χ1n) is 8.94. The zero-order valence-electron chi connectivity index (χ0n) is 15.3. The molecular weight excluding hydrogens is 326 g/mol. The Kier molecular flexibility index (Phi) is 4.63. The standard InChI is InChI=1S/C20H27N3OSi/c1-25(2,3)11-9-14-7-8-16-15(12-14)13-17(23-16)19(24)20(22)10-5-4-6-18(20)21/h7-8,12-13,18,23H,4-6,10,21-22H2,1-3H3. The minimum atomic E-state index is -1.41. The van der Waals surface area contributed by atoms with E-state index in [0.717, 1.165) is 35.7 Å². The van der Waals surface area contributed by atoms with Gasteiger partial charge in [-0.2, -0.15) is 0 Å². The van der Waals surface area contributed by atoms with Crippen LogP contribution in [0, 0.1) is 11.5 Å². The van der Waals surface area contributed by atoms with Gasteiger partial charge in [0.2, 0.25) is 0 Å². The van der Waals surface area contributed by atoms with E-state index >= 15 is 0 Å². The van der Waals surface area contributed by atoms with Crippen molar-refractivity contribution >= 4 is 24.8 Å². The number of carbonyl (C=O) groups is 1. The first-order valence-corrected chi connectivity index (χ1v) is 12.4. The van der Waals surface area contributed by atoms with E-state index in [1.165, 1.54) is 0 Å². The summed E-state index contributed by atoms with van der Waals surface area (Å²) in [6.45, 7) is 6.67. The van der Waals surface area contributed by atoms with Crippen LogP contribution < -0.4 is 11.5 Å². The first kappa shape index (κ1) is 17.9. The van der Waals surface area contributed by atoms with Crippen molar-refractivity contribution in [3.8, 4) is 11.5 Å². The number of nitrogens with one attached hydrogen (secondary N) is 1. The summed E-state index contributed by atoms with van der Waals surface area (Å²) >= 11 is 0. The highest BCUT2D eigenvalue weighted by atomic mass is 28.3. The number of aromatic amines is 1. The van der Waals surface area contributed by atoms with E-state index in [1.807, 2.05) is 24.3 Å². The summed E-state index contributed by atoms with van der Waals surface area (Å²) in [4.78, 5) is 16.2. The molecule has 0 spiro atoms. The Morgan fingerprint density at radius 1 is 1.28 bits per heavy atom. The second-order valence-corrected chi connectivity index (χ2v) is 13.0. The molecule has 132 valence electrons. The second-order valence-electron chi connectivity index (χ2n) is 8.21. The number of benzene rings is 1. The molecule has 2 atom stereocenters. The van der Waals surface area contributed by atoms with Crippen molar-refractivity contribution in [1.29, 1.82) is 0 Å². The van der Waals surface area contributed by atoms with Crippen LogP contribution in [-0.4, -0.2) is 30.4 Å². The summed E-state index contributed by atoms with van der Waals surface area (Å²) in [7, 11) is -1.41. The van der Waals surface area contributed by atoms with E-state index in [1.54, 1.807) is 0 Å². The molecule has 1 saturated carbocycles. The van der Waals surface area contributed by atoms with Gasteiger partial charge in [-0.1, -0.05) is 38.4 Å². The van der Waals surface area contributed by atoms with E-state index in [2.05, 4.69) is 36.1 Å². The maximum absolute atomic E-state index is 13.0. The number of ketones is 1. The van der Waals surface area contributed by atoms with Crippen molar-refractivity contribution in [2.24, 2.45) is 11.5 Å². The van der Waals surface area contributed by atoms with E-state index in [4.69, 9.17) is 11.5 Å². The number of carbonyl (C=O) groups excluding carboxylic acids is 1. The van der Waals surface area contributed by atoms with Crippen LogP contribution in [0.25, 0.3) is 10.9 Å². The van der Waals surface area contributed by atoms with Crippen LogP contribution in [0.3, 0.4) is 0 Å². The SMILES string of the molecule is C[Si](C)(C)C#Cc1ccc2[nH]c(C(=O)C3(N)CCCCC3N)cc2c1. The van der Waals surface area contributed by atoms with E-state index in [9.17, 15) is 4.79 Å². The number of hydrogen-bond acceptors (Lipinski definition) is 3. The molecule has 0 amide bonds. The van der Waals surface area contributed by atoms with Crippen molar-refractivity contribution in [3.63, 3.8) is 0 Å². The Bertz CT molecular complexity index is 868. The lowest BCUT2D eigenvalue weighted by molar-refractivity contribution is 0.0818. The smallest absolute Gasteiger partial charge is 0.200 e. The molecule has 5 heteroatoms. The van der Waals surface area contributed by atoms with Crippen LogP contribution in [0.4, 0.5) is 0 Å². The summed E-state index contributed by atoms with van der Waals surface area (Å²) in [5, 5.41) is 0.985. The molecule has 4 nitrogen and oxygen atoms in total. The topological polar surface area (TPSA) is 84.9 Å². The number of hydrogen-bond donors (Lipinski definition) is 3. The molecule has 2 aromatic rings. The zero-order chi connectivity index (χ0) is 18.2. The minimum absolute atomic E-state index is 0.0781. The number of nitrogens with two attached hydrogens (primary N) is 2. The number of aromatic nitrogens is 1. The molecule has 3 rings (SSSR count). The summed E-state index contributed by atoms with van der Waals surface area (Å²) in [5.41, 5.74) is 17.5. The van der Waals surface area contributed by atoms with Crippen LogP contribution in [0.2, 0.25) is 19.6 Å². The molecule has 1 heterocycles. The Balaban J connectivity index is 1.93. The average Bonchev–Trinajstić information content (AvgIpc) is 2.97. The lowest BCUT2D eigenvalue weighted by Crippen LogP contribution is -2.62. The largest absolute Gasteiger partial charge is 0.352 e. The predicted molar refractivity (Wildman–Crippen MR) is 106 cm³/mol. The highest BCUT2D eigenvalue weighted by Gasteiger charge is 2.42. The fraction of sp³-hybridized carbons (Fsp3) is 0.450. The number of Topliss-reactive ketones (excluding diaryl/α,β-unsaturated/α-hetero) is 1. The monoisotopic (exact) mass is 353 g/mol. The molecule has 0 aliphatic heterocycles. The highest BCUT2D eigenvalue weighted by Crippen LogP contribution is 2.29. The van der Waals surface area contributed by atoms with Gasteiger partial charge in [-0.3, -0.25) is 4.79 Å². The molecule has 1 aliphatic carbocycles. The normalized spacial score (nSPS) is 24.0. The number of fused-ring (bicyclic) bond motifs is 1. The van der Waals surface area contributed by atoms with Crippen LogP contribution >= 0.6 is 0 Å². The maximum Gasteiger partial charge on any atom is 0.200 e. The minimum Gasteiger partial charge on any atom is -0.352 e. The third-order valence-corrected chi connectivity index (χ3v) is 5.76. The molecule has 2 unspecified atom stereocenters. The number of H-pyrrole nitrogens is 1. The molecule has 0 bridgehead atoms. The van der Waals surface area contributed by atoms with Crippen LogP contribution in [-0.2, 0) is 0 Å². The van der Waals surface area contributed by atoms with Gasteiger partial charge in [0.05, 0.1) is 11.2 Å². The Morgan fingerprint density at radius 3 is 2.72 bits per heavy atom. The fourth-order valence-corrected chi connectivity index (χ4v) is 3.87. The molecule has 1 aromatic heterocycles. The van der Waals surface area contributed by atoms with Gasteiger partial charge < -0.3 is 16.5 Å². The third-order valence-electron chi connectivity index (χ3n) is 4.89. The van der Waals surface area contributed by atoms with Gasteiger partial charge in [0, 0.05) is 22.5 Å². The van der Waals surface area contributed by atoms with Crippen molar-refractivity contribution in [2.75, 3.05) is 0 Å². The van der Waals surface area contributed by atoms with E-state index < -0.39 is 13.6 Å². The Labute approximate surface area is 150 Å². The third kappa shape index (κ3) is 3.71. The van der Waals surface area contributed by atoms with Gasteiger partial charge in [-0.25, -0.2) is 0 Å². The molecule has 25 heavy (non-hydrogen) atoms. The van der Waals surface area contributed by atoms with E-state index in [-0.39, 0.29) is 11.8 Å². The average molecular weight is 354 g/mol. The summed E-state index contributed by atoms with van der Waals surface area (Å²) in [6, 6.07) is 7.60. The van der Waals surface area contributed by atoms with Gasteiger partial charge in [-0.15, -0.1) is 5.54 Å². The van der Waals surface area contributed by atoms with E-state index in [0.29, 0.717) is 12.1 Å². The van der Waals surface area contributed by atoms with Crippen molar-refractivity contribution in [2.45, 2.75) is 56.9 Å². The maximum atomic E-state index is 13.0. The van der Waals surface area contributed by atoms with Crippen molar-refractivity contribution in [1.82, 2.24) is 4.98 Å². The first-order chi connectivity index (χ1) is 11.7. The fourth-order valence-electron chi connectivity index (χ4n) is 3.35. The lowest BCUT2D eigenvalue weighted by Gasteiger charge is -2.37. The van der Waals surface area contributed by atoms with Crippen LogP contribution in [0.5, 0.6) is 0 Å². The Hall–Kier alpha value is -1.87. The summed E-state index contributed by atoms with van der Waals surface area (Å²) in [5.74, 6) is 3.18. The molecule has 0 saturated heterocycles. The molecule has 5 N–H and O–H groups in total. The second kappa shape index (κ2) is 6.45. The predicted octanol–water partition coefficient (Wildman–Crippen LogP) is 3.18. The highest BCUT2D eigenvalue weighted by molar-refractivity contribution is 6.83. The summed E-state index contributed by atoms with van der Waals surface area (Å²) in [6.07, 6.45) is 3.44. The zero-order valence-corrected chi connectivity index (χ0v) is 16.3. The van der Waals surface area contributed by atoms with Gasteiger partial charge in [0.25, 0.3) is 0 Å².